The number of nitrogens with one attached hydrogen (secondary N) is 1. The minimum atomic E-state index is 0.291. The maximum Gasteiger partial charge on any atom is 0.116 e. The molecule has 140 valence electrons. The number of hydrogen-bond donors (Lipinski definition) is 2. The zero-order valence-electron chi connectivity index (χ0n) is 16.2. The molecule has 0 spiro atoms. The molecule has 0 aliphatic carbocycles. The number of aryl methyl sites for hydroxylation is 1. The molecule has 0 fully saturated rings. The lowest BCUT2D eigenvalue weighted by molar-refractivity contribution is 0.403. The second-order valence-corrected chi connectivity index (χ2v) is 7.31. The van der Waals surface area contributed by atoms with Gasteiger partial charge in [0.15, 0.2) is 0 Å². The van der Waals surface area contributed by atoms with E-state index in [1.54, 1.807) is 6.07 Å². The molecule has 0 radical (unpaired) electrons. The zero-order valence-corrected chi connectivity index (χ0v) is 16.2. The van der Waals surface area contributed by atoms with Gasteiger partial charge < -0.3 is 15.4 Å². The first-order chi connectivity index (χ1) is 13.1. The monoisotopic (exact) mass is 362 g/mol. The lowest BCUT2D eigenvalue weighted by atomic mass is 10.0. The summed E-state index contributed by atoms with van der Waals surface area (Å²) in [6.45, 7) is 4.12. The minimum Gasteiger partial charge on any atom is -0.508 e. The van der Waals surface area contributed by atoms with E-state index in [9.17, 15) is 5.11 Å². The van der Waals surface area contributed by atoms with Crippen LogP contribution in [-0.2, 0) is 6.42 Å². The van der Waals surface area contributed by atoms with Crippen molar-refractivity contribution in [3.63, 3.8) is 0 Å². The Balaban J connectivity index is 1.94. The second-order valence-electron chi connectivity index (χ2n) is 7.31. The molecular weight excluding hydrogens is 336 g/mol. The van der Waals surface area contributed by atoms with Crippen LogP contribution in [0.5, 0.6) is 5.75 Å². The summed E-state index contributed by atoms with van der Waals surface area (Å²) in [5.74, 6) is 0.291. The average molecular weight is 362 g/mol. The summed E-state index contributed by atoms with van der Waals surface area (Å²) in [6, 6.07) is 9.79. The molecule has 0 atom stereocenters. The van der Waals surface area contributed by atoms with Crippen LogP contribution in [-0.4, -0.2) is 46.9 Å². The van der Waals surface area contributed by atoms with Crippen LogP contribution >= 0.6 is 0 Å². The highest BCUT2D eigenvalue weighted by Gasteiger charge is 2.16. The molecule has 5 nitrogen and oxygen atoms in total. The van der Waals surface area contributed by atoms with Crippen LogP contribution in [0.25, 0.3) is 32.6 Å². The first-order valence-electron chi connectivity index (χ1n) is 9.51. The van der Waals surface area contributed by atoms with E-state index in [0.717, 1.165) is 47.6 Å². The van der Waals surface area contributed by atoms with Crippen molar-refractivity contribution in [1.29, 1.82) is 0 Å². The number of fused-ring (bicyclic) bond motifs is 5. The van der Waals surface area contributed by atoms with Crippen LogP contribution in [0.15, 0.2) is 42.7 Å². The molecule has 5 heteroatoms. The largest absolute Gasteiger partial charge is 0.508 e. The van der Waals surface area contributed by atoms with Crippen LogP contribution < -0.4 is 5.43 Å². The first-order valence-corrected chi connectivity index (χ1v) is 9.51. The Morgan fingerprint density at radius 2 is 1.96 bits per heavy atom. The fourth-order valence-corrected chi connectivity index (χ4v) is 3.85. The minimum absolute atomic E-state index is 0.291. The number of phenols is 1. The maximum atomic E-state index is 9.86. The van der Waals surface area contributed by atoms with Crippen molar-refractivity contribution in [2.45, 2.75) is 19.8 Å². The Labute approximate surface area is 159 Å². The van der Waals surface area contributed by atoms with Crippen LogP contribution in [0.1, 0.15) is 18.9 Å². The Morgan fingerprint density at radius 3 is 2.74 bits per heavy atom. The van der Waals surface area contributed by atoms with Gasteiger partial charge in [0.1, 0.15) is 5.75 Å². The van der Waals surface area contributed by atoms with Gasteiger partial charge in [0.05, 0.1) is 11.0 Å². The highest BCUT2D eigenvalue weighted by Crippen LogP contribution is 2.36. The lowest BCUT2D eigenvalue weighted by Gasteiger charge is -2.14. The van der Waals surface area contributed by atoms with Crippen molar-refractivity contribution in [2.24, 2.45) is 0 Å². The van der Waals surface area contributed by atoms with E-state index in [1.807, 2.05) is 24.5 Å². The van der Waals surface area contributed by atoms with Gasteiger partial charge in [-0.15, -0.1) is 0 Å². The van der Waals surface area contributed by atoms with Crippen molar-refractivity contribution in [1.82, 2.24) is 14.6 Å². The molecule has 27 heavy (non-hydrogen) atoms. The van der Waals surface area contributed by atoms with Gasteiger partial charge in [-0.25, -0.2) is 0 Å². The van der Waals surface area contributed by atoms with Crippen molar-refractivity contribution < 1.29 is 5.11 Å². The summed E-state index contributed by atoms with van der Waals surface area (Å²) >= 11 is 0. The Kier molecular flexibility index (Phi) is 4.62. The molecule has 0 saturated heterocycles. The summed E-state index contributed by atoms with van der Waals surface area (Å²) in [5.41, 5.74) is 7.21. The number of aromatic hydroxyl groups is 1. The van der Waals surface area contributed by atoms with Gasteiger partial charge in [-0.05, 0) is 68.0 Å². The van der Waals surface area contributed by atoms with E-state index < -0.39 is 0 Å². The second kappa shape index (κ2) is 7.08. The molecule has 0 unspecified atom stereocenters. The SMILES string of the molecule is CCc1cncc2c3c4ccc(O)cc4ccc3n(NCCCN(C)C)c12. The molecule has 2 heterocycles. The third kappa shape index (κ3) is 3.08. The van der Waals surface area contributed by atoms with E-state index in [1.165, 1.54) is 16.5 Å². The van der Waals surface area contributed by atoms with Gasteiger partial charge in [-0.2, -0.15) is 0 Å². The fourth-order valence-electron chi connectivity index (χ4n) is 3.85. The van der Waals surface area contributed by atoms with Crippen molar-refractivity contribution in [3.05, 3.63) is 48.3 Å². The van der Waals surface area contributed by atoms with Crippen LogP contribution in [0, 0.1) is 0 Å². The number of nitrogens with zero attached hydrogens (tertiary/aromatic N) is 3. The molecule has 4 aromatic rings. The van der Waals surface area contributed by atoms with Crippen molar-refractivity contribution in [2.75, 3.05) is 32.6 Å². The van der Waals surface area contributed by atoms with Crippen LogP contribution in [0.2, 0.25) is 0 Å². The lowest BCUT2D eigenvalue weighted by Crippen LogP contribution is -2.21. The molecule has 2 N–H and O–H groups in total. The molecule has 0 aliphatic heterocycles. The van der Waals surface area contributed by atoms with Gasteiger partial charge in [0, 0.05) is 29.7 Å². The summed E-state index contributed by atoms with van der Waals surface area (Å²) in [5, 5.41) is 14.4. The number of benzene rings is 2. The van der Waals surface area contributed by atoms with E-state index in [0.29, 0.717) is 5.75 Å². The average Bonchev–Trinajstić information content (AvgIpc) is 2.99. The van der Waals surface area contributed by atoms with Crippen molar-refractivity contribution in [3.8, 4) is 5.75 Å². The molecule has 0 bridgehead atoms. The number of pyridine rings is 1. The predicted molar refractivity (Wildman–Crippen MR) is 113 cm³/mol. The third-order valence-electron chi connectivity index (χ3n) is 5.14. The van der Waals surface area contributed by atoms with Gasteiger partial charge in [0.2, 0.25) is 0 Å². The molecule has 0 saturated carbocycles. The molecule has 0 aliphatic rings. The smallest absolute Gasteiger partial charge is 0.116 e. The number of aromatic nitrogens is 2. The van der Waals surface area contributed by atoms with E-state index in [-0.39, 0.29) is 0 Å². The first kappa shape index (κ1) is 17.6. The predicted octanol–water partition coefficient (Wildman–Crippen LogP) is 4.11. The quantitative estimate of drug-likeness (QED) is 0.507. The zero-order chi connectivity index (χ0) is 19.0. The van der Waals surface area contributed by atoms with E-state index in [4.69, 9.17) is 0 Å². The molecule has 2 aromatic carbocycles. The number of phenolic OH excluding ortho intramolecular Hbond substituents is 1. The normalized spacial score (nSPS) is 11.9. The summed E-state index contributed by atoms with van der Waals surface area (Å²) in [6.07, 6.45) is 5.93. The Bertz CT molecular complexity index is 1110. The van der Waals surface area contributed by atoms with Crippen LogP contribution in [0.4, 0.5) is 0 Å². The summed E-state index contributed by atoms with van der Waals surface area (Å²) in [7, 11) is 4.20. The van der Waals surface area contributed by atoms with Gasteiger partial charge in [-0.3, -0.25) is 9.66 Å². The topological polar surface area (TPSA) is 53.3 Å². The fraction of sp³-hybridized carbons (Fsp3) is 0.318. The number of hydrogen-bond acceptors (Lipinski definition) is 4. The van der Waals surface area contributed by atoms with Gasteiger partial charge >= 0.3 is 0 Å². The summed E-state index contributed by atoms with van der Waals surface area (Å²) < 4.78 is 2.23. The highest BCUT2D eigenvalue weighted by atomic mass is 16.3. The van der Waals surface area contributed by atoms with E-state index >= 15 is 0 Å². The summed E-state index contributed by atoms with van der Waals surface area (Å²) in [4.78, 5) is 6.70. The van der Waals surface area contributed by atoms with Gasteiger partial charge in [0.25, 0.3) is 0 Å². The van der Waals surface area contributed by atoms with Crippen LogP contribution in [0.3, 0.4) is 0 Å². The number of rotatable bonds is 6. The van der Waals surface area contributed by atoms with Gasteiger partial charge in [-0.1, -0.05) is 19.1 Å². The maximum absolute atomic E-state index is 9.86. The Morgan fingerprint density at radius 1 is 1.11 bits per heavy atom. The van der Waals surface area contributed by atoms with E-state index in [2.05, 4.69) is 53.1 Å². The highest BCUT2D eigenvalue weighted by molar-refractivity contribution is 6.21. The molecule has 2 aromatic heterocycles. The molecule has 0 amide bonds. The Hall–Kier alpha value is -2.79. The third-order valence-corrected chi connectivity index (χ3v) is 5.14. The van der Waals surface area contributed by atoms with Crippen molar-refractivity contribution >= 4 is 32.6 Å². The molecular formula is C22H26N4O. The molecule has 4 rings (SSSR count). The standard InChI is InChI=1S/C22H26N4O/c1-4-15-13-23-14-19-21-18-8-7-17(27)12-16(18)6-9-20(21)26(22(15)19)24-10-5-11-25(2)3/h6-9,12-14,24,27H,4-5,10-11H2,1-3H3.